The fraction of sp³-hybridized carbons (Fsp3) is 0.650. The Bertz CT molecular complexity index is 554. The average molecular weight is 365 g/mol. The van der Waals surface area contributed by atoms with Crippen LogP contribution in [0.4, 0.5) is 4.39 Å². The molecule has 0 spiro atoms. The Labute approximate surface area is 156 Å². The van der Waals surface area contributed by atoms with E-state index in [1.807, 2.05) is 6.07 Å². The Morgan fingerprint density at radius 1 is 1.38 bits per heavy atom. The van der Waals surface area contributed by atoms with Crippen LogP contribution in [0, 0.1) is 11.7 Å². The van der Waals surface area contributed by atoms with E-state index in [-0.39, 0.29) is 5.82 Å². The van der Waals surface area contributed by atoms with Crippen LogP contribution in [0.5, 0.6) is 0 Å². The molecular formula is C20H32FN3O2. The molecule has 6 heteroatoms. The molecule has 1 unspecified atom stereocenters. The lowest BCUT2D eigenvalue weighted by atomic mass is 10.1. The molecule has 1 aromatic rings. The summed E-state index contributed by atoms with van der Waals surface area (Å²) in [7, 11) is 1.69. The second kappa shape index (κ2) is 11.9. The average Bonchev–Trinajstić information content (AvgIpc) is 3.10. The molecule has 1 fully saturated rings. The molecule has 5 nitrogen and oxygen atoms in total. The van der Waals surface area contributed by atoms with Crippen LogP contribution in [-0.4, -0.2) is 64.0 Å². The van der Waals surface area contributed by atoms with E-state index in [1.54, 1.807) is 19.2 Å². The Hall–Kier alpha value is -1.66. The van der Waals surface area contributed by atoms with Crippen molar-refractivity contribution in [2.45, 2.75) is 26.2 Å². The summed E-state index contributed by atoms with van der Waals surface area (Å²) in [5.74, 6) is 1.35. The van der Waals surface area contributed by atoms with Crippen molar-refractivity contribution >= 4 is 5.96 Å². The lowest BCUT2D eigenvalue weighted by Crippen LogP contribution is -2.40. The third-order valence-electron chi connectivity index (χ3n) is 4.48. The van der Waals surface area contributed by atoms with Crippen molar-refractivity contribution in [1.29, 1.82) is 0 Å². The highest BCUT2D eigenvalue weighted by Gasteiger charge is 2.24. The van der Waals surface area contributed by atoms with Crippen molar-refractivity contribution in [1.82, 2.24) is 10.2 Å². The van der Waals surface area contributed by atoms with Crippen LogP contribution in [0.2, 0.25) is 0 Å². The lowest BCUT2D eigenvalue weighted by Gasteiger charge is -2.21. The summed E-state index contributed by atoms with van der Waals surface area (Å²) >= 11 is 0. The summed E-state index contributed by atoms with van der Waals surface area (Å²) in [5.41, 5.74) is 1.03. The number of benzene rings is 1. The standard InChI is InChI=1S/C20H32FN3O2/c1-3-22-20(23-10-5-7-17-6-4-8-19(21)14-17)24-11-9-18(15-24)16-26-13-12-25-2/h4,6,8,14,18H,3,5,7,9-13,15-16H2,1-2H3,(H,22,23). The Morgan fingerprint density at radius 3 is 3.04 bits per heavy atom. The van der Waals surface area contributed by atoms with Crippen LogP contribution in [0.3, 0.4) is 0 Å². The third kappa shape index (κ3) is 7.30. The number of aryl methyl sites for hydroxylation is 1. The van der Waals surface area contributed by atoms with Crippen molar-refractivity contribution in [2.24, 2.45) is 10.9 Å². The molecule has 2 rings (SSSR count). The lowest BCUT2D eigenvalue weighted by molar-refractivity contribution is 0.0536. The van der Waals surface area contributed by atoms with Gasteiger partial charge in [0.25, 0.3) is 0 Å². The molecule has 0 amide bonds. The quantitative estimate of drug-likeness (QED) is 0.393. The van der Waals surface area contributed by atoms with Gasteiger partial charge in [0.15, 0.2) is 5.96 Å². The zero-order chi connectivity index (χ0) is 18.6. The van der Waals surface area contributed by atoms with Crippen LogP contribution >= 0.6 is 0 Å². The van der Waals surface area contributed by atoms with Crippen molar-refractivity contribution < 1.29 is 13.9 Å². The van der Waals surface area contributed by atoms with Crippen LogP contribution in [0.25, 0.3) is 0 Å². The number of rotatable bonds is 10. The minimum absolute atomic E-state index is 0.171. The molecule has 1 aliphatic rings. The summed E-state index contributed by atoms with van der Waals surface area (Å²) in [6, 6.07) is 6.81. The summed E-state index contributed by atoms with van der Waals surface area (Å²) in [6.45, 7) is 7.74. The van der Waals surface area contributed by atoms with Gasteiger partial charge in [0.2, 0.25) is 0 Å². The van der Waals surface area contributed by atoms with Gasteiger partial charge in [0, 0.05) is 39.2 Å². The molecule has 26 heavy (non-hydrogen) atoms. The van der Waals surface area contributed by atoms with Gasteiger partial charge in [-0.15, -0.1) is 0 Å². The number of methoxy groups -OCH3 is 1. The van der Waals surface area contributed by atoms with E-state index in [4.69, 9.17) is 14.5 Å². The van der Waals surface area contributed by atoms with Crippen LogP contribution in [0.1, 0.15) is 25.3 Å². The molecular weight excluding hydrogens is 333 g/mol. The predicted molar refractivity (Wildman–Crippen MR) is 103 cm³/mol. The number of halogens is 1. The zero-order valence-electron chi connectivity index (χ0n) is 16.0. The molecule has 1 aromatic carbocycles. The maximum absolute atomic E-state index is 13.2. The number of aliphatic imine (C=N–C) groups is 1. The predicted octanol–water partition coefficient (Wildman–Crippen LogP) is 2.71. The van der Waals surface area contributed by atoms with E-state index in [0.717, 1.165) is 63.6 Å². The minimum Gasteiger partial charge on any atom is -0.382 e. The number of hydrogen-bond donors (Lipinski definition) is 1. The molecule has 1 heterocycles. The maximum atomic E-state index is 13.2. The molecule has 1 N–H and O–H groups in total. The van der Waals surface area contributed by atoms with E-state index in [0.29, 0.717) is 19.1 Å². The molecule has 1 saturated heterocycles. The molecule has 1 aliphatic heterocycles. The third-order valence-corrected chi connectivity index (χ3v) is 4.48. The number of nitrogens with one attached hydrogen (secondary N) is 1. The Kier molecular flexibility index (Phi) is 9.42. The minimum atomic E-state index is -0.171. The number of nitrogens with zero attached hydrogens (tertiary/aromatic N) is 2. The zero-order valence-corrected chi connectivity index (χ0v) is 16.0. The summed E-state index contributed by atoms with van der Waals surface area (Å²) < 4.78 is 23.9. The topological polar surface area (TPSA) is 46.1 Å². The molecule has 0 saturated carbocycles. The largest absolute Gasteiger partial charge is 0.382 e. The van der Waals surface area contributed by atoms with Gasteiger partial charge >= 0.3 is 0 Å². The Balaban J connectivity index is 1.75. The Morgan fingerprint density at radius 2 is 2.27 bits per heavy atom. The molecule has 0 radical (unpaired) electrons. The first kappa shape index (κ1) is 20.6. The smallest absolute Gasteiger partial charge is 0.193 e. The summed E-state index contributed by atoms with van der Waals surface area (Å²) in [4.78, 5) is 7.07. The van der Waals surface area contributed by atoms with E-state index >= 15 is 0 Å². The molecule has 0 bridgehead atoms. The molecule has 1 atom stereocenters. The summed E-state index contributed by atoms with van der Waals surface area (Å²) in [5, 5.41) is 3.38. The molecule has 0 aliphatic carbocycles. The van der Waals surface area contributed by atoms with Gasteiger partial charge in [-0.25, -0.2) is 4.39 Å². The normalized spacial score (nSPS) is 17.7. The van der Waals surface area contributed by atoms with Crippen molar-refractivity contribution in [3.8, 4) is 0 Å². The fourth-order valence-electron chi connectivity index (χ4n) is 3.14. The number of guanidine groups is 1. The van der Waals surface area contributed by atoms with E-state index in [1.165, 1.54) is 6.07 Å². The monoisotopic (exact) mass is 365 g/mol. The SMILES string of the molecule is CCNC(=NCCCc1cccc(F)c1)N1CCC(COCCOC)C1. The van der Waals surface area contributed by atoms with Crippen molar-refractivity contribution in [3.63, 3.8) is 0 Å². The van der Waals surface area contributed by atoms with Gasteiger partial charge in [-0.1, -0.05) is 12.1 Å². The summed E-state index contributed by atoms with van der Waals surface area (Å²) in [6.07, 6.45) is 2.88. The highest BCUT2D eigenvalue weighted by atomic mass is 19.1. The molecule has 146 valence electrons. The van der Waals surface area contributed by atoms with Gasteiger partial charge in [-0.3, -0.25) is 4.99 Å². The number of ether oxygens (including phenoxy) is 2. The molecule has 0 aromatic heterocycles. The van der Waals surface area contributed by atoms with Gasteiger partial charge < -0.3 is 19.7 Å². The first-order valence-corrected chi connectivity index (χ1v) is 9.57. The second-order valence-corrected chi connectivity index (χ2v) is 6.64. The second-order valence-electron chi connectivity index (χ2n) is 6.64. The van der Waals surface area contributed by atoms with Crippen LogP contribution in [-0.2, 0) is 15.9 Å². The maximum Gasteiger partial charge on any atom is 0.193 e. The van der Waals surface area contributed by atoms with E-state index < -0.39 is 0 Å². The van der Waals surface area contributed by atoms with Gasteiger partial charge in [0.1, 0.15) is 5.82 Å². The fourth-order valence-corrected chi connectivity index (χ4v) is 3.14. The van der Waals surface area contributed by atoms with Crippen molar-refractivity contribution in [2.75, 3.05) is 53.1 Å². The first-order chi connectivity index (χ1) is 12.7. The van der Waals surface area contributed by atoms with E-state index in [2.05, 4.69) is 17.1 Å². The van der Waals surface area contributed by atoms with Crippen molar-refractivity contribution in [3.05, 3.63) is 35.6 Å². The number of likely N-dealkylation sites (tertiary alicyclic amines) is 1. The van der Waals surface area contributed by atoms with Crippen LogP contribution < -0.4 is 5.32 Å². The van der Waals surface area contributed by atoms with Gasteiger partial charge in [-0.2, -0.15) is 0 Å². The highest BCUT2D eigenvalue weighted by Crippen LogP contribution is 2.16. The van der Waals surface area contributed by atoms with Crippen LogP contribution in [0.15, 0.2) is 29.3 Å². The number of hydrogen-bond acceptors (Lipinski definition) is 3. The van der Waals surface area contributed by atoms with Gasteiger partial charge in [-0.05, 0) is 43.9 Å². The van der Waals surface area contributed by atoms with E-state index in [9.17, 15) is 4.39 Å². The van der Waals surface area contributed by atoms with Gasteiger partial charge in [0.05, 0.1) is 19.8 Å². The highest BCUT2D eigenvalue weighted by molar-refractivity contribution is 5.80. The first-order valence-electron chi connectivity index (χ1n) is 9.57.